The summed E-state index contributed by atoms with van der Waals surface area (Å²) in [4.78, 5) is 5.33. The summed E-state index contributed by atoms with van der Waals surface area (Å²) in [5.41, 5.74) is 24.2. The molecular weight excluding hydrogens is 848 g/mol. The number of hydrogen-bond donors (Lipinski definition) is 0. The van der Waals surface area contributed by atoms with Gasteiger partial charge < -0.3 is 14.2 Å². The minimum absolute atomic E-state index is 0.00480. The van der Waals surface area contributed by atoms with Crippen LogP contribution in [0.1, 0.15) is 182 Å². The van der Waals surface area contributed by atoms with Gasteiger partial charge in [-0.25, -0.2) is 0 Å². The summed E-state index contributed by atoms with van der Waals surface area (Å²) in [5.74, 6) is 0. The summed E-state index contributed by atoms with van der Waals surface area (Å²) in [6.45, 7) is 40.7. The molecule has 0 N–H and O–H groups in total. The van der Waals surface area contributed by atoms with E-state index in [9.17, 15) is 0 Å². The molecule has 0 unspecified atom stereocenters. The molecular formula is C66H77BN2O. The summed E-state index contributed by atoms with van der Waals surface area (Å²) in [7, 11) is 0. The molecule has 11 rings (SSSR count). The molecule has 70 heavy (non-hydrogen) atoms. The van der Waals surface area contributed by atoms with Gasteiger partial charge in [-0.2, -0.15) is 0 Å². The number of nitrogens with zero attached hydrogens (tertiary/aromatic N) is 2. The molecule has 4 aliphatic rings. The average molecular weight is 925 g/mol. The van der Waals surface area contributed by atoms with E-state index in [1.54, 1.807) is 0 Å². The molecule has 4 heteroatoms. The predicted molar refractivity (Wildman–Crippen MR) is 302 cm³/mol. The lowest BCUT2D eigenvalue weighted by Gasteiger charge is -2.48. The third kappa shape index (κ3) is 7.18. The molecule has 360 valence electrons. The summed E-state index contributed by atoms with van der Waals surface area (Å²) in [5, 5.41) is 1.17. The predicted octanol–water partition coefficient (Wildman–Crippen LogP) is 16.8. The molecule has 7 aromatic rings. The fraction of sp³-hybridized carbons (Fsp3) is 0.424. The van der Waals surface area contributed by atoms with Crippen molar-refractivity contribution in [3.05, 3.63) is 148 Å². The number of anilines is 6. The van der Waals surface area contributed by atoms with Gasteiger partial charge in [0.1, 0.15) is 5.58 Å². The zero-order valence-corrected chi connectivity index (χ0v) is 45.6. The van der Waals surface area contributed by atoms with Crippen molar-refractivity contribution in [1.82, 2.24) is 0 Å². The molecule has 3 heterocycles. The fourth-order valence-electron chi connectivity index (χ4n) is 12.7. The molecule has 0 radical (unpaired) electrons. The Balaban J connectivity index is 1.33. The molecule has 6 aromatic carbocycles. The van der Waals surface area contributed by atoms with Crippen molar-refractivity contribution in [2.75, 3.05) is 9.80 Å². The van der Waals surface area contributed by atoms with Crippen LogP contribution in [0.4, 0.5) is 34.1 Å². The molecule has 1 aromatic heterocycles. The van der Waals surface area contributed by atoms with Crippen molar-refractivity contribution in [3.63, 3.8) is 0 Å². The highest BCUT2D eigenvalue weighted by Gasteiger charge is 2.50. The van der Waals surface area contributed by atoms with Gasteiger partial charge in [0.25, 0.3) is 6.71 Å². The lowest BCUT2D eigenvalue weighted by atomic mass is 9.35. The van der Waals surface area contributed by atoms with E-state index in [4.69, 9.17) is 4.42 Å². The summed E-state index contributed by atoms with van der Waals surface area (Å²) in [6, 6.07) is 43.3. The Morgan fingerprint density at radius 3 is 1.49 bits per heavy atom. The van der Waals surface area contributed by atoms with Gasteiger partial charge in [-0.05, 0) is 174 Å². The summed E-state index contributed by atoms with van der Waals surface area (Å²) in [6.07, 6.45) is 4.61. The lowest BCUT2D eigenvalue weighted by molar-refractivity contribution is 0.332. The highest BCUT2D eigenvalue weighted by molar-refractivity contribution is 7.00. The number of benzene rings is 6. The fourth-order valence-corrected chi connectivity index (χ4v) is 12.7. The number of hydrogen-bond acceptors (Lipinski definition) is 3. The van der Waals surface area contributed by atoms with Crippen LogP contribution in [0, 0.1) is 0 Å². The monoisotopic (exact) mass is 925 g/mol. The van der Waals surface area contributed by atoms with Crippen molar-refractivity contribution in [2.45, 2.75) is 181 Å². The van der Waals surface area contributed by atoms with Crippen LogP contribution in [0.5, 0.6) is 0 Å². The second kappa shape index (κ2) is 15.0. The summed E-state index contributed by atoms with van der Waals surface area (Å²) >= 11 is 0. The maximum atomic E-state index is 7.53. The minimum Gasteiger partial charge on any atom is -0.468 e. The number of furan rings is 1. The second-order valence-corrected chi connectivity index (χ2v) is 27.6. The maximum absolute atomic E-state index is 7.53. The average Bonchev–Trinajstić information content (AvgIpc) is 3.67. The van der Waals surface area contributed by atoms with Crippen LogP contribution >= 0.6 is 0 Å². The Morgan fingerprint density at radius 1 is 0.457 bits per heavy atom. The normalized spacial score (nSPS) is 18.5. The zero-order chi connectivity index (χ0) is 50.0. The van der Waals surface area contributed by atoms with E-state index in [1.807, 2.05) is 0 Å². The Kier molecular flexibility index (Phi) is 10.1. The number of rotatable bonds is 3. The van der Waals surface area contributed by atoms with E-state index in [-0.39, 0.29) is 44.6 Å². The molecule has 0 saturated heterocycles. The molecule has 0 bridgehead atoms. The third-order valence-corrected chi connectivity index (χ3v) is 17.7. The third-order valence-electron chi connectivity index (χ3n) is 17.7. The van der Waals surface area contributed by atoms with Crippen LogP contribution < -0.4 is 26.4 Å². The largest absolute Gasteiger partial charge is 0.468 e. The van der Waals surface area contributed by atoms with Crippen molar-refractivity contribution >= 4 is 68.4 Å². The van der Waals surface area contributed by atoms with E-state index >= 15 is 0 Å². The first kappa shape index (κ1) is 46.9. The Hall–Kier alpha value is -5.48. The minimum atomic E-state index is -0.154. The molecule has 2 aliphatic heterocycles. The van der Waals surface area contributed by atoms with Crippen LogP contribution in [0.25, 0.3) is 22.1 Å². The van der Waals surface area contributed by atoms with E-state index in [0.29, 0.717) is 0 Å². The van der Waals surface area contributed by atoms with E-state index in [2.05, 4.69) is 237 Å². The Bertz CT molecular complexity index is 3270. The highest BCUT2D eigenvalue weighted by Crippen LogP contribution is 2.56. The van der Waals surface area contributed by atoms with Gasteiger partial charge in [-0.1, -0.05) is 172 Å². The van der Waals surface area contributed by atoms with Crippen molar-refractivity contribution < 1.29 is 4.42 Å². The van der Waals surface area contributed by atoms with E-state index in [0.717, 1.165) is 42.6 Å². The smallest absolute Gasteiger partial charge is 0.297 e. The molecule has 0 fully saturated rings. The summed E-state index contributed by atoms with van der Waals surface area (Å²) < 4.78 is 7.53. The van der Waals surface area contributed by atoms with E-state index in [1.165, 1.54) is 94.8 Å². The SMILES string of the molecule is CC(C)(C)c1ccc(N2c3cc(C(C)(C)C)cc4c3B(c3cc5c(cc3N4c3cc4c(cc3-c3ccccc3)C(C)(C)CCC4(C)C)C(C)(C)CCC5(C)C)c3oc4ccc(C(C)(C)C)cc4c32)cc1. The maximum Gasteiger partial charge on any atom is 0.297 e. The lowest BCUT2D eigenvalue weighted by Crippen LogP contribution is -2.61. The van der Waals surface area contributed by atoms with Gasteiger partial charge in [0.05, 0.1) is 17.0 Å². The van der Waals surface area contributed by atoms with Crippen LogP contribution in [-0.2, 0) is 37.9 Å². The van der Waals surface area contributed by atoms with Gasteiger partial charge in [0.2, 0.25) is 0 Å². The van der Waals surface area contributed by atoms with Crippen molar-refractivity contribution in [3.8, 4) is 11.1 Å². The van der Waals surface area contributed by atoms with E-state index < -0.39 is 0 Å². The van der Waals surface area contributed by atoms with Gasteiger partial charge in [0.15, 0.2) is 0 Å². The standard InChI is InChI=1S/C66H77BN2O/c1-60(2,3)41-23-26-44(27-24-41)68-54-34-43(62(7,8)9)35-55-57(54)67(59-58(68)46-33-42(61(4,5)6)25-28-56(46)70-59)51-37-48-50(66(16,17)32-30-64(48,12)13)39-53(51)69(55)52-38-49-47(63(10,11)29-31-65(49,14)15)36-45(52)40-21-19-18-20-22-40/h18-28,33-39H,29-32H2,1-17H3. The molecule has 0 spiro atoms. The van der Waals surface area contributed by atoms with Crippen LogP contribution in [0.15, 0.2) is 114 Å². The second-order valence-electron chi connectivity index (χ2n) is 27.6. The first-order valence-electron chi connectivity index (χ1n) is 26.5. The molecule has 0 saturated carbocycles. The zero-order valence-electron chi connectivity index (χ0n) is 45.6. The quantitative estimate of drug-likeness (QED) is 0.165. The Morgan fingerprint density at radius 2 is 0.943 bits per heavy atom. The topological polar surface area (TPSA) is 19.6 Å². The van der Waals surface area contributed by atoms with Gasteiger partial charge in [0, 0.05) is 33.7 Å². The molecule has 3 nitrogen and oxygen atoms in total. The molecule has 0 atom stereocenters. The van der Waals surface area contributed by atoms with Crippen LogP contribution in [-0.4, -0.2) is 6.71 Å². The highest BCUT2D eigenvalue weighted by atomic mass is 16.3. The van der Waals surface area contributed by atoms with Crippen LogP contribution in [0.2, 0.25) is 0 Å². The van der Waals surface area contributed by atoms with Gasteiger partial charge >= 0.3 is 0 Å². The first-order chi connectivity index (χ1) is 32.6. The molecule has 2 aliphatic carbocycles. The first-order valence-corrected chi connectivity index (χ1v) is 26.5. The van der Waals surface area contributed by atoms with Crippen LogP contribution in [0.3, 0.4) is 0 Å². The van der Waals surface area contributed by atoms with Crippen molar-refractivity contribution in [1.29, 1.82) is 0 Å². The number of fused-ring (bicyclic) bond motifs is 8. The Labute approximate surface area is 421 Å². The van der Waals surface area contributed by atoms with Gasteiger partial charge in [-0.3, -0.25) is 0 Å². The van der Waals surface area contributed by atoms with Crippen molar-refractivity contribution in [2.24, 2.45) is 0 Å². The van der Waals surface area contributed by atoms with Gasteiger partial charge in [-0.15, -0.1) is 0 Å². The molecule has 0 amide bonds.